The van der Waals surface area contributed by atoms with Crippen LogP contribution in [0.1, 0.15) is 0 Å². The Morgan fingerprint density at radius 2 is 1.93 bits per heavy atom. The van der Waals surface area contributed by atoms with E-state index < -0.39 is 24.0 Å². The molecule has 0 bridgehead atoms. The number of thioether (sulfide) groups is 1. The Morgan fingerprint density at radius 1 is 1.36 bits per heavy atom. The highest BCUT2D eigenvalue weighted by molar-refractivity contribution is 8.13. The van der Waals surface area contributed by atoms with Gasteiger partial charge < -0.3 is 0 Å². The number of amides is 1. The van der Waals surface area contributed by atoms with Gasteiger partial charge in [-0.3, -0.25) is 4.79 Å². The summed E-state index contributed by atoms with van der Waals surface area (Å²) in [5.41, 5.74) is -1.73. The third kappa shape index (κ3) is 2.11. The van der Waals surface area contributed by atoms with E-state index in [1.165, 1.54) is 6.26 Å². The number of amidine groups is 1. The predicted octanol–water partition coefficient (Wildman–Crippen LogP) is 1.59. The lowest BCUT2D eigenvalue weighted by molar-refractivity contribution is -0.122. The standard InChI is InChI=1S/C6H4F4N2OS/c1-14-5-11-3(6(8,9)10)2(7)4(13)12-5/h2H,1H3. The van der Waals surface area contributed by atoms with Crippen molar-refractivity contribution in [3.05, 3.63) is 0 Å². The van der Waals surface area contributed by atoms with Crippen LogP contribution >= 0.6 is 11.8 Å². The third-order valence-electron chi connectivity index (χ3n) is 1.35. The SMILES string of the molecule is CSC1=NC(=O)C(F)C(C(F)(F)F)=N1. The van der Waals surface area contributed by atoms with Gasteiger partial charge in [0, 0.05) is 0 Å². The molecule has 1 aliphatic rings. The Morgan fingerprint density at radius 3 is 2.36 bits per heavy atom. The number of nitrogens with zero attached hydrogens (tertiary/aromatic N) is 2. The summed E-state index contributed by atoms with van der Waals surface area (Å²) < 4.78 is 49.0. The predicted molar refractivity (Wildman–Crippen MR) is 44.3 cm³/mol. The van der Waals surface area contributed by atoms with Crippen LogP contribution in [0.2, 0.25) is 0 Å². The zero-order valence-corrected chi connectivity index (χ0v) is 7.62. The number of halogens is 4. The maximum Gasteiger partial charge on any atom is 0.433 e. The van der Waals surface area contributed by atoms with Gasteiger partial charge >= 0.3 is 6.18 Å². The van der Waals surface area contributed by atoms with Crippen molar-refractivity contribution >= 4 is 28.5 Å². The molecule has 0 radical (unpaired) electrons. The largest absolute Gasteiger partial charge is 0.433 e. The molecule has 1 heterocycles. The molecular weight excluding hydrogens is 224 g/mol. The Kier molecular flexibility index (Phi) is 2.93. The van der Waals surface area contributed by atoms with Crippen LogP contribution in [0.25, 0.3) is 0 Å². The van der Waals surface area contributed by atoms with Crippen molar-refractivity contribution in [3.63, 3.8) is 0 Å². The Hall–Kier alpha value is -0.920. The highest BCUT2D eigenvalue weighted by atomic mass is 32.2. The third-order valence-corrected chi connectivity index (χ3v) is 1.90. The molecule has 78 valence electrons. The molecule has 0 saturated heterocycles. The van der Waals surface area contributed by atoms with Gasteiger partial charge in [0.05, 0.1) is 0 Å². The number of alkyl halides is 4. The molecule has 0 aromatic heterocycles. The number of aliphatic imine (C=N–C) groups is 2. The van der Waals surface area contributed by atoms with Gasteiger partial charge in [0.1, 0.15) is 0 Å². The zero-order chi connectivity index (χ0) is 10.9. The molecule has 1 atom stereocenters. The van der Waals surface area contributed by atoms with Gasteiger partial charge in [0.25, 0.3) is 5.91 Å². The molecule has 1 rings (SSSR count). The Labute approximate surface area is 80.3 Å². The Balaban J connectivity index is 3.10. The maximum absolute atomic E-state index is 12.7. The molecule has 1 unspecified atom stereocenters. The minimum atomic E-state index is -4.94. The Bertz CT molecular complexity index is 322. The molecule has 14 heavy (non-hydrogen) atoms. The molecule has 8 heteroatoms. The smallest absolute Gasteiger partial charge is 0.269 e. The average Bonchev–Trinajstić information content (AvgIpc) is 2.07. The van der Waals surface area contributed by atoms with E-state index in [0.29, 0.717) is 0 Å². The second-order valence-electron chi connectivity index (χ2n) is 2.29. The molecule has 0 aliphatic carbocycles. The van der Waals surface area contributed by atoms with Crippen molar-refractivity contribution < 1.29 is 22.4 Å². The fourth-order valence-corrected chi connectivity index (χ4v) is 1.12. The highest BCUT2D eigenvalue weighted by Crippen LogP contribution is 2.25. The van der Waals surface area contributed by atoms with E-state index in [2.05, 4.69) is 9.98 Å². The minimum Gasteiger partial charge on any atom is -0.269 e. The molecule has 0 spiro atoms. The molecule has 0 aromatic carbocycles. The van der Waals surface area contributed by atoms with Crippen LogP contribution in [0.5, 0.6) is 0 Å². The first-order valence-electron chi connectivity index (χ1n) is 3.32. The molecule has 0 N–H and O–H groups in total. The normalized spacial score (nSPS) is 23.2. The van der Waals surface area contributed by atoms with Crippen molar-refractivity contribution in [2.45, 2.75) is 12.3 Å². The lowest BCUT2D eigenvalue weighted by Crippen LogP contribution is -2.39. The summed E-state index contributed by atoms with van der Waals surface area (Å²) in [5, 5.41) is -0.378. The van der Waals surface area contributed by atoms with Gasteiger partial charge in [-0.1, -0.05) is 11.8 Å². The van der Waals surface area contributed by atoms with Crippen LogP contribution in [0.4, 0.5) is 17.6 Å². The number of carbonyl (C=O) groups is 1. The summed E-state index contributed by atoms with van der Waals surface area (Å²) in [7, 11) is 0. The van der Waals surface area contributed by atoms with Crippen LogP contribution in [0.3, 0.4) is 0 Å². The quantitative estimate of drug-likeness (QED) is 0.591. The van der Waals surface area contributed by atoms with E-state index in [0.717, 1.165) is 11.8 Å². The summed E-state index contributed by atoms with van der Waals surface area (Å²) in [6.07, 6.45) is -6.35. The minimum absolute atomic E-state index is 0.378. The molecule has 1 aliphatic heterocycles. The van der Waals surface area contributed by atoms with Gasteiger partial charge in [-0.25, -0.2) is 9.38 Å². The number of rotatable bonds is 0. The van der Waals surface area contributed by atoms with Gasteiger partial charge in [-0.2, -0.15) is 18.2 Å². The number of hydrogen-bond acceptors (Lipinski definition) is 3. The van der Waals surface area contributed by atoms with Crippen LogP contribution < -0.4 is 0 Å². The fraction of sp³-hybridized carbons (Fsp3) is 0.500. The van der Waals surface area contributed by atoms with Crippen LogP contribution in [-0.2, 0) is 4.79 Å². The van der Waals surface area contributed by atoms with E-state index in [1.807, 2.05) is 0 Å². The summed E-state index contributed by atoms with van der Waals surface area (Å²) in [6.45, 7) is 0. The van der Waals surface area contributed by atoms with Crippen LogP contribution in [0, 0.1) is 0 Å². The van der Waals surface area contributed by atoms with Crippen LogP contribution in [0.15, 0.2) is 9.98 Å². The lowest BCUT2D eigenvalue weighted by atomic mass is 10.2. The molecular formula is C6H4F4N2OS. The van der Waals surface area contributed by atoms with E-state index >= 15 is 0 Å². The van der Waals surface area contributed by atoms with Crippen molar-refractivity contribution in [2.75, 3.05) is 6.26 Å². The van der Waals surface area contributed by atoms with Gasteiger partial charge in [-0.05, 0) is 6.26 Å². The summed E-state index contributed by atoms with van der Waals surface area (Å²) in [4.78, 5) is 16.6. The molecule has 1 amide bonds. The van der Waals surface area contributed by atoms with Crippen molar-refractivity contribution in [1.82, 2.24) is 0 Å². The van der Waals surface area contributed by atoms with Crippen molar-refractivity contribution in [1.29, 1.82) is 0 Å². The van der Waals surface area contributed by atoms with Gasteiger partial charge in [0.2, 0.25) is 6.17 Å². The first-order valence-corrected chi connectivity index (χ1v) is 4.55. The average molecular weight is 228 g/mol. The van der Waals surface area contributed by atoms with E-state index in [4.69, 9.17) is 0 Å². The van der Waals surface area contributed by atoms with Crippen molar-refractivity contribution in [2.24, 2.45) is 9.98 Å². The number of carbonyl (C=O) groups excluding carboxylic acids is 1. The monoisotopic (exact) mass is 228 g/mol. The molecule has 0 fully saturated rings. The van der Waals surface area contributed by atoms with Crippen LogP contribution in [-0.4, -0.2) is 35.4 Å². The lowest BCUT2D eigenvalue weighted by Gasteiger charge is -2.15. The van der Waals surface area contributed by atoms with Gasteiger partial charge in [-0.15, -0.1) is 0 Å². The number of hydrogen-bond donors (Lipinski definition) is 0. The van der Waals surface area contributed by atoms with E-state index in [-0.39, 0.29) is 5.17 Å². The first kappa shape index (κ1) is 11.2. The summed E-state index contributed by atoms with van der Waals surface area (Å²) >= 11 is 0.746. The summed E-state index contributed by atoms with van der Waals surface area (Å²) in [6, 6.07) is 0. The second kappa shape index (κ2) is 3.68. The molecule has 3 nitrogen and oxygen atoms in total. The second-order valence-corrected chi connectivity index (χ2v) is 3.07. The highest BCUT2D eigenvalue weighted by Gasteiger charge is 2.46. The summed E-state index contributed by atoms with van der Waals surface area (Å²) in [5.74, 6) is -1.46. The first-order chi connectivity index (χ1) is 6.36. The molecule has 0 aromatic rings. The topological polar surface area (TPSA) is 41.8 Å². The molecule has 0 saturated carbocycles. The zero-order valence-electron chi connectivity index (χ0n) is 6.80. The van der Waals surface area contributed by atoms with E-state index in [9.17, 15) is 22.4 Å². The van der Waals surface area contributed by atoms with Crippen molar-refractivity contribution in [3.8, 4) is 0 Å². The van der Waals surface area contributed by atoms with E-state index in [1.54, 1.807) is 0 Å². The van der Waals surface area contributed by atoms with Gasteiger partial charge in [0.15, 0.2) is 10.9 Å². The maximum atomic E-state index is 12.7. The fourth-order valence-electron chi connectivity index (χ4n) is 0.751.